The van der Waals surface area contributed by atoms with E-state index in [1.807, 2.05) is 0 Å². The lowest BCUT2D eigenvalue weighted by atomic mass is 9.99. The Morgan fingerprint density at radius 1 is 0.944 bits per heavy atom. The monoisotopic (exact) mass is 243 g/mol. The van der Waals surface area contributed by atoms with Crippen molar-refractivity contribution < 1.29 is 0 Å². The van der Waals surface area contributed by atoms with Crippen LogP contribution in [0.3, 0.4) is 0 Å². The molecule has 1 aromatic carbocycles. The normalized spacial score (nSPS) is 11.8. The van der Waals surface area contributed by atoms with Gasteiger partial charge in [0.25, 0.3) is 0 Å². The maximum absolute atomic E-state index is 2.51. The molecule has 2 rings (SSSR count). The molecule has 0 spiro atoms. The number of fused-ring (bicyclic) bond motifs is 1. The van der Waals surface area contributed by atoms with Crippen LogP contribution in [0.1, 0.15) is 41.8 Å². The molecule has 0 aliphatic heterocycles. The summed E-state index contributed by atoms with van der Waals surface area (Å²) in [5.41, 5.74) is 8.58. The Kier molecular flexibility index (Phi) is 3.27. The van der Waals surface area contributed by atoms with Gasteiger partial charge in [-0.15, -0.1) is 0 Å². The van der Waals surface area contributed by atoms with Crippen LogP contribution in [0, 0.1) is 40.5 Å². The lowest BCUT2D eigenvalue weighted by Crippen LogP contribution is -2.06. The van der Waals surface area contributed by atoms with Gasteiger partial charge in [-0.2, -0.15) is 0 Å². The van der Waals surface area contributed by atoms with Gasteiger partial charge < -0.3 is 4.57 Å². The van der Waals surface area contributed by atoms with Gasteiger partial charge in [0.15, 0.2) is 0 Å². The van der Waals surface area contributed by atoms with Gasteiger partial charge >= 0.3 is 0 Å². The zero-order chi connectivity index (χ0) is 13.6. The van der Waals surface area contributed by atoms with Crippen LogP contribution in [0.15, 0.2) is 6.07 Å². The first-order valence-electron chi connectivity index (χ1n) is 6.90. The van der Waals surface area contributed by atoms with Crippen molar-refractivity contribution in [2.45, 2.75) is 55.0 Å². The van der Waals surface area contributed by atoms with Gasteiger partial charge in [-0.05, 0) is 62.8 Å². The number of aryl methyl sites for hydroxylation is 4. The van der Waals surface area contributed by atoms with Crippen molar-refractivity contribution >= 4 is 10.9 Å². The number of rotatable bonds is 2. The first-order valence-corrected chi connectivity index (χ1v) is 6.90. The third-order valence-corrected chi connectivity index (χ3v) is 4.15. The van der Waals surface area contributed by atoms with Gasteiger partial charge in [0.1, 0.15) is 0 Å². The van der Waals surface area contributed by atoms with E-state index in [2.05, 4.69) is 59.1 Å². The molecule has 0 saturated heterocycles. The summed E-state index contributed by atoms with van der Waals surface area (Å²) < 4.78 is 2.51. The summed E-state index contributed by atoms with van der Waals surface area (Å²) in [7, 11) is 0. The molecule has 0 bridgehead atoms. The molecule has 1 heterocycles. The Hall–Kier alpha value is -1.24. The summed E-state index contributed by atoms with van der Waals surface area (Å²) in [4.78, 5) is 0. The predicted octanol–water partition coefficient (Wildman–Crippen LogP) is 4.84. The molecule has 1 nitrogen and oxygen atoms in total. The van der Waals surface area contributed by atoms with Crippen molar-refractivity contribution in [2.75, 3.05) is 0 Å². The molecule has 0 radical (unpaired) electrons. The van der Waals surface area contributed by atoms with E-state index in [0.717, 1.165) is 6.54 Å². The lowest BCUT2D eigenvalue weighted by molar-refractivity contribution is 0.526. The van der Waals surface area contributed by atoms with Gasteiger partial charge in [-0.1, -0.05) is 19.9 Å². The Morgan fingerprint density at radius 3 is 2.11 bits per heavy atom. The van der Waals surface area contributed by atoms with Crippen LogP contribution in [0.4, 0.5) is 0 Å². The smallest absolute Gasteiger partial charge is 0.0517 e. The molecule has 0 amide bonds. The summed E-state index contributed by atoms with van der Waals surface area (Å²) in [6, 6.07) is 2.33. The largest absolute Gasteiger partial charge is 0.344 e. The summed E-state index contributed by atoms with van der Waals surface area (Å²) in [6.07, 6.45) is 0. The van der Waals surface area contributed by atoms with Crippen molar-refractivity contribution in [1.29, 1.82) is 0 Å². The van der Waals surface area contributed by atoms with E-state index < -0.39 is 0 Å². The molecule has 0 N–H and O–H groups in total. The van der Waals surface area contributed by atoms with Crippen LogP contribution in [0.2, 0.25) is 0 Å². The zero-order valence-electron chi connectivity index (χ0n) is 12.8. The third-order valence-electron chi connectivity index (χ3n) is 4.15. The maximum Gasteiger partial charge on any atom is 0.0517 e. The summed E-state index contributed by atoms with van der Waals surface area (Å²) >= 11 is 0. The van der Waals surface area contributed by atoms with Crippen LogP contribution in [0.25, 0.3) is 10.9 Å². The number of nitrogens with zero attached hydrogens (tertiary/aromatic N) is 1. The fourth-order valence-electron chi connectivity index (χ4n) is 3.02. The molecule has 1 heteroatoms. The molecule has 18 heavy (non-hydrogen) atoms. The van der Waals surface area contributed by atoms with E-state index in [9.17, 15) is 0 Å². The summed E-state index contributed by atoms with van der Waals surface area (Å²) in [5.74, 6) is 0.680. The number of hydrogen-bond acceptors (Lipinski definition) is 0. The average molecular weight is 243 g/mol. The molecule has 2 aromatic rings. The maximum atomic E-state index is 2.51. The highest BCUT2D eigenvalue weighted by molar-refractivity contribution is 5.91. The van der Waals surface area contributed by atoms with E-state index in [1.165, 1.54) is 38.9 Å². The predicted molar refractivity (Wildman–Crippen MR) is 80.5 cm³/mol. The summed E-state index contributed by atoms with van der Waals surface area (Å²) in [5, 5.41) is 1.48. The van der Waals surface area contributed by atoms with Crippen molar-refractivity contribution in [3.63, 3.8) is 0 Å². The number of hydrogen-bond donors (Lipinski definition) is 0. The summed E-state index contributed by atoms with van der Waals surface area (Å²) in [6.45, 7) is 16.9. The van der Waals surface area contributed by atoms with Crippen LogP contribution in [0.5, 0.6) is 0 Å². The second-order valence-electron chi connectivity index (χ2n) is 6.07. The molecule has 1 aromatic heterocycles. The lowest BCUT2D eigenvalue weighted by Gasteiger charge is -2.14. The molecule has 0 saturated carbocycles. The van der Waals surface area contributed by atoms with E-state index in [1.54, 1.807) is 0 Å². The molecule has 0 atom stereocenters. The first-order chi connectivity index (χ1) is 8.34. The molecular formula is C17H25N. The zero-order valence-corrected chi connectivity index (χ0v) is 12.8. The van der Waals surface area contributed by atoms with Gasteiger partial charge in [-0.25, -0.2) is 0 Å². The Labute approximate surface area is 111 Å². The Bertz CT molecular complexity index is 600. The minimum atomic E-state index is 0.680. The highest BCUT2D eigenvalue weighted by Crippen LogP contribution is 2.32. The van der Waals surface area contributed by atoms with Crippen molar-refractivity contribution in [3.05, 3.63) is 34.0 Å². The molecule has 98 valence electrons. The first kappa shape index (κ1) is 13.2. The van der Waals surface area contributed by atoms with Crippen LogP contribution < -0.4 is 0 Å². The molecule has 0 aliphatic carbocycles. The van der Waals surface area contributed by atoms with Crippen molar-refractivity contribution in [3.8, 4) is 0 Å². The van der Waals surface area contributed by atoms with Crippen LogP contribution >= 0.6 is 0 Å². The van der Waals surface area contributed by atoms with Gasteiger partial charge in [0, 0.05) is 17.6 Å². The van der Waals surface area contributed by atoms with Gasteiger partial charge in [-0.3, -0.25) is 0 Å². The Morgan fingerprint density at radius 2 is 1.56 bits per heavy atom. The SMILES string of the molecule is Cc1cc(C)c2c(c1C)c(C)c(C)n2CC(C)C. The molecule has 0 unspecified atom stereocenters. The second kappa shape index (κ2) is 4.46. The number of aromatic nitrogens is 1. The van der Waals surface area contributed by atoms with Crippen LogP contribution in [-0.4, -0.2) is 4.57 Å². The second-order valence-corrected chi connectivity index (χ2v) is 6.07. The van der Waals surface area contributed by atoms with Gasteiger partial charge in [0.05, 0.1) is 5.52 Å². The van der Waals surface area contributed by atoms with E-state index in [-0.39, 0.29) is 0 Å². The van der Waals surface area contributed by atoms with Gasteiger partial charge in [0.2, 0.25) is 0 Å². The fourth-order valence-corrected chi connectivity index (χ4v) is 3.02. The standard InChI is InChI=1S/C17H25N/c1-10(2)9-18-15(7)14(6)16-13(5)11(3)8-12(4)17(16)18/h8,10H,9H2,1-7H3. The molecular weight excluding hydrogens is 218 g/mol. The average Bonchev–Trinajstić information content (AvgIpc) is 2.51. The third kappa shape index (κ3) is 1.86. The minimum absolute atomic E-state index is 0.680. The van der Waals surface area contributed by atoms with E-state index in [4.69, 9.17) is 0 Å². The van der Waals surface area contributed by atoms with Crippen molar-refractivity contribution in [1.82, 2.24) is 4.57 Å². The fraction of sp³-hybridized carbons (Fsp3) is 0.529. The van der Waals surface area contributed by atoms with Crippen molar-refractivity contribution in [2.24, 2.45) is 5.92 Å². The Balaban J connectivity index is 2.88. The van der Waals surface area contributed by atoms with Crippen LogP contribution in [-0.2, 0) is 6.54 Å². The topological polar surface area (TPSA) is 4.93 Å². The van der Waals surface area contributed by atoms with E-state index >= 15 is 0 Å². The molecule has 0 fully saturated rings. The van der Waals surface area contributed by atoms with E-state index in [0.29, 0.717) is 5.92 Å². The minimum Gasteiger partial charge on any atom is -0.344 e. The highest BCUT2D eigenvalue weighted by atomic mass is 15.0. The molecule has 0 aliphatic rings. The number of benzene rings is 1. The quantitative estimate of drug-likeness (QED) is 0.711. The highest BCUT2D eigenvalue weighted by Gasteiger charge is 2.16.